The lowest BCUT2D eigenvalue weighted by molar-refractivity contribution is -0.123. The third-order valence-corrected chi connectivity index (χ3v) is 4.55. The lowest BCUT2D eigenvalue weighted by Gasteiger charge is -2.24. The Hall–Kier alpha value is -0.660. The van der Waals surface area contributed by atoms with Crippen molar-refractivity contribution in [2.45, 2.75) is 22.7 Å². The molecule has 0 radical (unpaired) electrons. The van der Waals surface area contributed by atoms with Gasteiger partial charge in [-0.15, -0.1) is 0 Å². The quantitative estimate of drug-likeness (QED) is 0.723. The molecule has 1 unspecified atom stereocenters. The fourth-order valence-corrected chi connectivity index (χ4v) is 3.05. The minimum Gasteiger partial charge on any atom is -0.368 e. The Bertz CT molecular complexity index is 352. The summed E-state index contributed by atoms with van der Waals surface area (Å²) >= 11 is 2.75. The second-order valence-corrected chi connectivity index (χ2v) is 5.68. The van der Waals surface area contributed by atoms with Crippen LogP contribution in [0.25, 0.3) is 0 Å². The lowest BCUT2D eigenvalue weighted by atomic mass is 9.96. The van der Waals surface area contributed by atoms with Gasteiger partial charge in [-0.1, -0.05) is 11.8 Å². The molecule has 2 rings (SSSR count). The second kappa shape index (κ2) is 4.07. The first-order valence-electron chi connectivity index (χ1n) is 4.61. The van der Waals surface area contributed by atoms with E-state index in [9.17, 15) is 4.79 Å². The van der Waals surface area contributed by atoms with Crippen molar-refractivity contribution in [2.75, 3.05) is 5.75 Å². The number of hydrogen-bond donors (Lipinski definition) is 2. The van der Waals surface area contributed by atoms with Crippen LogP contribution in [0.4, 0.5) is 0 Å². The Labute approximate surface area is 95.8 Å². The lowest BCUT2D eigenvalue weighted by Crippen LogP contribution is -2.56. The Morgan fingerprint density at radius 2 is 2.47 bits per heavy atom. The molecule has 4 N–H and O–H groups in total. The van der Waals surface area contributed by atoms with Gasteiger partial charge in [0.15, 0.2) is 4.34 Å². The van der Waals surface area contributed by atoms with Gasteiger partial charge in [0.25, 0.3) is 0 Å². The van der Waals surface area contributed by atoms with E-state index in [2.05, 4.69) is 9.36 Å². The average Bonchev–Trinajstić information content (AvgIpc) is 2.93. The second-order valence-electron chi connectivity index (χ2n) is 3.67. The van der Waals surface area contributed by atoms with E-state index >= 15 is 0 Å². The smallest absolute Gasteiger partial charge is 0.238 e. The first-order chi connectivity index (χ1) is 7.13. The molecule has 82 valence electrons. The zero-order valence-electron chi connectivity index (χ0n) is 8.05. The Morgan fingerprint density at radius 1 is 1.73 bits per heavy atom. The van der Waals surface area contributed by atoms with Crippen LogP contribution >= 0.6 is 23.3 Å². The van der Waals surface area contributed by atoms with E-state index in [1.165, 1.54) is 29.6 Å². The van der Waals surface area contributed by atoms with Crippen molar-refractivity contribution in [2.24, 2.45) is 17.4 Å². The number of carbonyl (C=O) groups excluding carboxylic acids is 1. The number of primary amides is 1. The highest BCUT2D eigenvalue weighted by atomic mass is 32.2. The largest absolute Gasteiger partial charge is 0.368 e. The van der Waals surface area contributed by atoms with Gasteiger partial charge in [-0.3, -0.25) is 4.79 Å². The molecular weight excluding hydrogens is 232 g/mol. The van der Waals surface area contributed by atoms with Gasteiger partial charge in [-0.05, 0) is 30.3 Å². The van der Waals surface area contributed by atoms with Crippen molar-refractivity contribution in [3.63, 3.8) is 0 Å². The molecule has 5 nitrogen and oxygen atoms in total. The summed E-state index contributed by atoms with van der Waals surface area (Å²) in [6.07, 6.45) is 3.48. The number of hydrogen-bond acceptors (Lipinski definition) is 6. The van der Waals surface area contributed by atoms with E-state index in [1.807, 2.05) is 0 Å². The normalized spacial score (nSPS) is 19.8. The van der Waals surface area contributed by atoms with Crippen molar-refractivity contribution in [1.29, 1.82) is 0 Å². The number of amides is 1. The highest BCUT2D eigenvalue weighted by Gasteiger charge is 2.46. The average molecular weight is 244 g/mol. The Balaban J connectivity index is 1.98. The number of nitrogens with two attached hydrogens (primary N) is 2. The first kappa shape index (κ1) is 10.8. The van der Waals surface area contributed by atoms with Gasteiger partial charge >= 0.3 is 0 Å². The first-order valence-corrected chi connectivity index (χ1v) is 6.37. The summed E-state index contributed by atoms with van der Waals surface area (Å²) in [4.78, 5) is 15.3. The molecule has 0 bridgehead atoms. The summed E-state index contributed by atoms with van der Waals surface area (Å²) in [5.41, 5.74) is 10.5. The van der Waals surface area contributed by atoms with Gasteiger partial charge in [-0.2, -0.15) is 4.37 Å². The van der Waals surface area contributed by atoms with Gasteiger partial charge in [0.05, 0.1) is 0 Å². The summed E-state index contributed by atoms with van der Waals surface area (Å²) in [7, 11) is 0. The molecule has 1 amide bonds. The van der Waals surface area contributed by atoms with E-state index in [0.717, 1.165) is 17.2 Å². The van der Waals surface area contributed by atoms with Crippen molar-refractivity contribution in [1.82, 2.24) is 9.36 Å². The van der Waals surface area contributed by atoms with E-state index in [4.69, 9.17) is 11.5 Å². The van der Waals surface area contributed by atoms with Crippen molar-refractivity contribution < 1.29 is 4.79 Å². The Morgan fingerprint density at radius 3 is 2.93 bits per heavy atom. The molecule has 1 saturated carbocycles. The zero-order chi connectivity index (χ0) is 10.9. The van der Waals surface area contributed by atoms with Crippen LogP contribution in [-0.4, -0.2) is 26.6 Å². The third-order valence-electron chi connectivity index (χ3n) is 2.54. The van der Waals surface area contributed by atoms with Crippen LogP contribution in [0.1, 0.15) is 12.8 Å². The molecule has 7 heteroatoms. The molecule has 1 atom stereocenters. The molecule has 1 heterocycles. The molecule has 0 aliphatic heterocycles. The summed E-state index contributed by atoms with van der Waals surface area (Å²) < 4.78 is 4.71. The highest BCUT2D eigenvalue weighted by molar-refractivity contribution is 8.01. The number of aromatic nitrogens is 2. The molecule has 1 aliphatic carbocycles. The zero-order valence-corrected chi connectivity index (χ0v) is 9.68. The minimum atomic E-state index is -0.879. The number of carbonyl (C=O) groups is 1. The monoisotopic (exact) mass is 244 g/mol. The molecule has 15 heavy (non-hydrogen) atoms. The predicted octanol–water partition coefficient (Wildman–Crippen LogP) is 0.223. The summed E-state index contributed by atoms with van der Waals surface area (Å²) in [5.74, 6) is 0.319. The standard InChI is InChI=1S/C8H12N4OS2/c9-6(13)8(10,5-1-2-5)3-14-7-11-4-12-15-7/h4-5H,1-3,10H2,(H2,9,13). The van der Waals surface area contributed by atoms with Gasteiger partial charge in [0.2, 0.25) is 5.91 Å². The van der Waals surface area contributed by atoms with Gasteiger partial charge in [0.1, 0.15) is 11.9 Å². The van der Waals surface area contributed by atoms with E-state index in [0.29, 0.717) is 5.75 Å². The molecule has 1 fully saturated rings. The van der Waals surface area contributed by atoms with Crippen LogP contribution < -0.4 is 11.5 Å². The van der Waals surface area contributed by atoms with Gasteiger partial charge in [-0.25, -0.2) is 4.98 Å². The van der Waals surface area contributed by atoms with E-state index in [-0.39, 0.29) is 5.92 Å². The van der Waals surface area contributed by atoms with Crippen molar-refractivity contribution in [3.8, 4) is 0 Å². The molecule has 1 aliphatic rings. The van der Waals surface area contributed by atoms with Crippen LogP contribution in [-0.2, 0) is 4.79 Å². The summed E-state index contributed by atoms with van der Waals surface area (Å²) in [6.45, 7) is 0. The molecule has 1 aromatic rings. The molecule has 1 aromatic heterocycles. The highest BCUT2D eigenvalue weighted by Crippen LogP contribution is 2.40. The molecule has 0 saturated heterocycles. The fraction of sp³-hybridized carbons (Fsp3) is 0.625. The molecular formula is C8H12N4OS2. The number of rotatable bonds is 5. The van der Waals surface area contributed by atoms with Crippen LogP contribution in [0.3, 0.4) is 0 Å². The summed E-state index contributed by atoms with van der Waals surface area (Å²) in [6, 6.07) is 0. The van der Waals surface area contributed by atoms with Gasteiger partial charge in [0, 0.05) is 5.75 Å². The van der Waals surface area contributed by atoms with Crippen molar-refractivity contribution >= 4 is 29.2 Å². The van der Waals surface area contributed by atoms with Crippen LogP contribution in [0, 0.1) is 5.92 Å². The molecule has 0 spiro atoms. The van der Waals surface area contributed by atoms with Crippen LogP contribution in [0.5, 0.6) is 0 Å². The minimum absolute atomic E-state index is 0.246. The van der Waals surface area contributed by atoms with Gasteiger partial charge < -0.3 is 11.5 Å². The van der Waals surface area contributed by atoms with Crippen LogP contribution in [0.2, 0.25) is 0 Å². The fourth-order valence-electron chi connectivity index (χ4n) is 1.40. The summed E-state index contributed by atoms with van der Waals surface area (Å²) in [5, 5.41) is 0. The van der Waals surface area contributed by atoms with Crippen LogP contribution in [0.15, 0.2) is 10.7 Å². The number of nitrogens with zero attached hydrogens (tertiary/aromatic N) is 2. The topological polar surface area (TPSA) is 94.9 Å². The Kier molecular flexibility index (Phi) is 2.94. The van der Waals surface area contributed by atoms with E-state index < -0.39 is 11.4 Å². The number of thioether (sulfide) groups is 1. The molecule has 0 aromatic carbocycles. The maximum Gasteiger partial charge on any atom is 0.238 e. The maximum absolute atomic E-state index is 11.3. The van der Waals surface area contributed by atoms with E-state index in [1.54, 1.807) is 0 Å². The predicted molar refractivity (Wildman–Crippen MR) is 59.5 cm³/mol. The third kappa shape index (κ3) is 2.30. The van der Waals surface area contributed by atoms with Crippen molar-refractivity contribution in [3.05, 3.63) is 6.33 Å². The maximum atomic E-state index is 11.3. The SMILES string of the molecule is NC(=O)C(N)(CSc1ncns1)C1CC1.